The molecule has 0 fully saturated rings. The molecule has 30 heavy (non-hydrogen) atoms. The first kappa shape index (κ1) is 22.9. The van der Waals surface area contributed by atoms with Crippen molar-refractivity contribution in [3.05, 3.63) is 47.5 Å². The van der Waals surface area contributed by atoms with E-state index in [-0.39, 0.29) is 0 Å². The average molecular weight is 416 g/mol. The molecular formula is C23H28O7. The van der Waals surface area contributed by atoms with Crippen LogP contribution in [-0.4, -0.2) is 40.5 Å². The first-order chi connectivity index (χ1) is 14.6. The molecule has 0 amide bonds. The fourth-order valence-corrected chi connectivity index (χ4v) is 2.78. The van der Waals surface area contributed by atoms with Crippen LogP contribution in [0.2, 0.25) is 0 Å². The fraction of sp³-hybridized carbons (Fsp3) is 0.348. The zero-order chi connectivity index (χ0) is 21.9. The molecular weight excluding hydrogens is 388 g/mol. The van der Waals surface area contributed by atoms with Crippen LogP contribution >= 0.6 is 0 Å². The van der Waals surface area contributed by atoms with E-state index in [0.717, 1.165) is 11.3 Å². The fourth-order valence-electron chi connectivity index (χ4n) is 2.78. The molecule has 0 saturated heterocycles. The Kier molecular flexibility index (Phi) is 8.87. The van der Waals surface area contributed by atoms with Gasteiger partial charge in [0.1, 0.15) is 12.4 Å². The number of carbonyl (C=O) groups is 1. The van der Waals surface area contributed by atoms with E-state index in [1.807, 2.05) is 31.2 Å². The topological polar surface area (TPSA) is 72.5 Å². The third-order valence-electron chi connectivity index (χ3n) is 4.12. The third kappa shape index (κ3) is 5.83. The van der Waals surface area contributed by atoms with Crippen LogP contribution in [0.3, 0.4) is 0 Å². The van der Waals surface area contributed by atoms with Crippen LogP contribution in [0.25, 0.3) is 6.08 Å². The standard InChI is InChI=1S/C23H28O7/c1-6-28-18-11-8-16(9-12-18)15-30-22-19(25-3)14-17(10-13-20(24)29-7-2)21(26-4)23(22)27-5/h8-14H,6-7,15H2,1-5H3. The highest BCUT2D eigenvalue weighted by Crippen LogP contribution is 2.47. The Morgan fingerprint density at radius 3 is 2.13 bits per heavy atom. The van der Waals surface area contributed by atoms with Crippen LogP contribution in [-0.2, 0) is 16.1 Å². The SMILES string of the molecule is CCOC(=O)C=Cc1cc(OC)c(OCc2ccc(OCC)cc2)c(OC)c1OC. The summed E-state index contributed by atoms with van der Waals surface area (Å²) in [7, 11) is 4.56. The van der Waals surface area contributed by atoms with Gasteiger partial charge < -0.3 is 28.4 Å². The summed E-state index contributed by atoms with van der Waals surface area (Å²) < 4.78 is 32.9. The molecule has 2 aromatic rings. The lowest BCUT2D eigenvalue weighted by Crippen LogP contribution is -2.03. The van der Waals surface area contributed by atoms with Gasteiger partial charge in [-0.05, 0) is 43.7 Å². The quantitative estimate of drug-likeness (QED) is 0.400. The van der Waals surface area contributed by atoms with Crippen molar-refractivity contribution in [3.63, 3.8) is 0 Å². The van der Waals surface area contributed by atoms with Crippen molar-refractivity contribution in [1.29, 1.82) is 0 Å². The summed E-state index contributed by atoms with van der Waals surface area (Å²) in [6.07, 6.45) is 2.90. The second kappa shape index (κ2) is 11.6. The summed E-state index contributed by atoms with van der Waals surface area (Å²) in [6, 6.07) is 9.35. The maximum atomic E-state index is 11.7. The largest absolute Gasteiger partial charge is 0.494 e. The Hall–Kier alpha value is -3.35. The second-order valence-corrected chi connectivity index (χ2v) is 6.01. The summed E-state index contributed by atoms with van der Waals surface area (Å²) in [6.45, 7) is 4.88. The summed E-state index contributed by atoms with van der Waals surface area (Å²) in [4.78, 5) is 11.7. The Labute approximate surface area is 177 Å². The maximum absolute atomic E-state index is 11.7. The molecule has 0 radical (unpaired) electrons. The van der Waals surface area contributed by atoms with Crippen LogP contribution in [0.15, 0.2) is 36.4 Å². The molecule has 2 rings (SSSR count). The third-order valence-corrected chi connectivity index (χ3v) is 4.12. The van der Waals surface area contributed by atoms with Gasteiger partial charge in [-0.3, -0.25) is 0 Å². The van der Waals surface area contributed by atoms with Crippen molar-refractivity contribution in [2.75, 3.05) is 34.5 Å². The molecule has 7 heteroatoms. The maximum Gasteiger partial charge on any atom is 0.330 e. The van der Waals surface area contributed by atoms with E-state index in [2.05, 4.69) is 0 Å². The molecule has 0 aliphatic rings. The summed E-state index contributed by atoms with van der Waals surface area (Å²) >= 11 is 0. The zero-order valence-corrected chi connectivity index (χ0v) is 18.0. The highest BCUT2D eigenvalue weighted by atomic mass is 16.5. The minimum absolute atomic E-state index is 0.292. The predicted octanol–water partition coefficient (Wildman–Crippen LogP) is 4.27. The number of ether oxygens (including phenoxy) is 6. The Bertz CT molecular complexity index is 857. The van der Waals surface area contributed by atoms with Gasteiger partial charge in [-0.15, -0.1) is 0 Å². The Morgan fingerprint density at radius 1 is 0.867 bits per heavy atom. The number of hydrogen-bond donors (Lipinski definition) is 0. The predicted molar refractivity (Wildman–Crippen MR) is 114 cm³/mol. The van der Waals surface area contributed by atoms with E-state index in [9.17, 15) is 4.79 Å². The lowest BCUT2D eigenvalue weighted by Gasteiger charge is -2.19. The molecule has 0 aliphatic carbocycles. The zero-order valence-electron chi connectivity index (χ0n) is 18.0. The van der Waals surface area contributed by atoms with E-state index >= 15 is 0 Å². The number of carbonyl (C=O) groups excluding carboxylic acids is 1. The molecule has 2 aromatic carbocycles. The van der Waals surface area contributed by atoms with E-state index < -0.39 is 5.97 Å². The highest BCUT2D eigenvalue weighted by Gasteiger charge is 2.21. The van der Waals surface area contributed by atoms with Crippen molar-refractivity contribution in [2.24, 2.45) is 0 Å². The van der Waals surface area contributed by atoms with Gasteiger partial charge in [-0.2, -0.15) is 0 Å². The first-order valence-corrected chi connectivity index (χ1v) is 9.60. The molecule has 0 N–H and O–H groups in total. The van der Waals surface area contributed by atoms with Crippen LogP contribution in [0.4, 0.5) is 0 Å². The number of rotatable bonds is 11. The van der Waals surface area contributed by atoms with Crippen LogP contribution < -0.4 is 23.7 Å². The lowest BCUT2D eigenvalue weighted by molar-refractivity contribution is -0.137. The van der Waals surface area contributed by atoms with Gasteiger partial charge in [-0.25, -0.2) is 4.79 Å². The normalized spacial score (nSPS) is 10.6. The molecule has 0 atom stereocenters. The summed E-state index contributed by atoms with van der Waals surface area (Å²) in [5.74, 6) is 1.98. The monoisotopic (exact) mass is 416 g/mol. The molecule has 0 aromatic heterocycles. The van der Waals surface area contributed by atoms with Crippen molar-refractivity contribution < 1.29 is 33.2 Å². The van der Waals surface area contributed by atoms with Gasteiger partial charge in [0.2, 0.25) is 11.5 Å². The summed E-state index contributed by atoms with van der Waals surface area (Å²) in [5, 5.41) is 0. The molecule has 0 unspecified atom stereocenters. The Balaban J connectivity index is 2.33. The van der Waals surface area contributed by atoms with Crippen molar-refractivity contribution >= 4 is 12.0 Å². The number of benzene rings is 2. The van der Waals surface area contributed by atoms with Crippen LogP contribution in [0.5, 0.6) is 28.7 Å². The van der Waals surface area contributed by atoms with E-state index in [1.165, 1.54) is 27.4 Å². The van der Waals surface area contributed by atoms with Crippen LogP contribution in [0.1, 0.15) is 25.0 Å². The molecule has 0 heterocycles. The lowest BCUT2D eigenvalue weighted by atomic mass is 10.1. The van der Waals surface area contributed by atoms with Crippen molar-refractivity contribution in [3.8, 4) is 28.7 Å². The molecule has 162 valence electrons. The first-order valence-electron chi connectivity index (χ1n) is 9.60. The number of methoxy groups -OCH3 is 3. The van der Waals surface area contributed by atoms with Gasteiger partial charge in [0.15, 0.2) is 11.5 Å². The van der Waals surface area contributed by atoms with Crippen molar-refractivity contribution in [2.45, 2.75) is 20.5 Å². The van der Waals surface area contributed by atoms with E-state index in [1.54, 1.807) is 19.1 Å². The average Bonchev–Trinajstić information content (AvgIpc) is 2.76. The van der Waals surface area contributed by atoms with Gasteiger partial charge in [0.05, 0.1) is 34.5 Å². The highest BCUT2D eigenvalue weighted by molar-refractivity contribution is 5.88. The second-order valence-electron chi connectivity index (χ2n) is 6.01. The van der Waals surface area contributed by atoms with E-state index in [4.69, 9.17) is 28.4 Å². The van der Waals surface area contributed by atoms with Crippen molar-refractivity contribution in [1.82, 2.24) is 0 Å². The smallest absolute Gasteiger partial charge is 0.330 e. The Morgan fingerprint density at radius 2 is 1.57 bits per heavy atom. The van der Waals surface area contributed by atoms with Gasteiger partial charge in [0, 0.05) is 11.6 Å². The van der Waals surface area contributed by atoms with Crippen LogP contribution in [0, 0.1) is 0 Å². The molecule has 0 saturated carbocycles. The molecule has 0 aliphatic heterocycles. The minimum Gasteiger partial charge on any atom is -0.494 e. The molecule has 0 spiro atoms. The van der Waals surface area contributed by atoms with Gasteiger partial charge >= 0.3 is 5.97 Å². The summed E-state index contributed by atoms with van der Waals surface area (Å²) in [5.41, 5.74) is 1.54. The number of esters is 1. The van der Waals surface area contributed by atoms with Gasteiger partial charge in [-0.1, -0.05) is 12.1 Å². The minimum atomic E-state index is -0.451. The number of hydrogen-bond acceptors (Lipinski definition) is 7. The molecule has 7 nitrogen and oxygen atoms in total. The molecule has 0 bridgehead atoms. The van der Waals surface area contributed by atoms with Gasteiger partial charge in [0.25, 0.3) is 0 Å². The van der Waals surface area contributed by atoms with E-state index in [0.29, 0.717) is 48.4 Å².